The van der Waals surface area contributed by atoms with E-state index in [0.29, 0.717) is 0 Å². The Hall–Kier alpha value is -1.89. The first kappa shape index (κ1) is 12.6. The second-order valence-corrected chi connectivity index (χ2v) is 4.44. The Balaban J connectivity index is 2.00. The van der Waals surface area contributed by atoms with Gasteiger partial charge in [0.05, 0.1) is 5.69 Å². The molecule has 0 fully saturated rings. The Kier molecular flexibility index (Phi) is 4.71. The van der Waals surface area contributed by atoms with Crippen LogP contribution in [0.2, 0.25) is 0 Å². The molecule has 2 aromatic rings. The molecule has 0 aromatic heterocycles. The van der Waals surface area contributed by atoms with E-state index < -0.39 is 0 Å². The van der Waals surface area contributed by atoms with Crippen molar-refractivity contribution in [2.75, 3.05) is 0 Å². The summed E-state index contributed by atoms with van der Waals surface area (Å²) < 4.78 is 0. The summed E-state index contributed by atoms with van der Waals surface area (Å²) in [5, 5.41) is 0. The van der Waals surface area contributed by atoms with Gasteiger partial charge in [-0.3, -0.25) is 4.99 Å². The second-order valence-electron chi connectivity index (χ2n) is 4.44. The van der Waals surface area contributed by atoms with E-state index in [0.717, 1.165) is 11.3 Å². The Morgan fingerprint density at radius 1 is 0.944 bits per heavy atom. The monoisotopic (exact) mass is 237 g/mol. The summed E-state index contributed by atoms with van der Waals surface area (Å²) in [5.74, 6) is 0. The molecule has 18 heavy (non-hydrogen) atoms. The van der Waals surface area contributed by atoms with E-state index in [4.69, 9.17) is 0 Å². The third-order valence-electron chi connectivity index (χ3n) is 2.92. The largest absolute Gasteiger partial charge is 0.256 e. The summed E-state index contributed by atoms with van der Waals surface area (Å²) >= 11 is 0. The summed E-state index contributed by atoms with van der Waals surface area (Å²) in [6.45, 7) is 2.22. The molecule has 0 saturated heterocycles. The minimum atomic E-state index is 1.01. The van der Waals surface area contributed by atoms with Crippen LogP contribution in [0.5, 0.6) is 0 Å². The summed E-state index contributed by atoms with van der Waals surface area (Å²) in [6.07, 6.45) is 5.57. The number of hydrogen-bond donors (Lipinski definition) is 0. The van der Waals surface area contributed by atoms with Crippen LogP contribution in [0.4, 0.5) is 5.69 Å². The third kappa shape index (κ3) is 3.85. The predicted molar refractivity (Wildman–Crippen MR) is 78.8 cm³/mol. The fourth-order valence-corrected chi connectivity index (χ4v) is 1.82. The maximum absolute atomic E-state index is 4.47. The summed E-state index contributed by atoms with van der Waals surface area (Å²) in [4.78, 5) is 4.47. The topological polar surface area (TPSA) is 12.4 Å². The molecule has 0 atom stereocenters. The SMILES string of the molecule is CCCCc1ccc(/N=C/c2ccccc2)cc1. The highest BCUT2D eigenvalue weighted by Crippen LogP contribution is 2.14. The van der Waals surface area contributed by atoms with Crippen molar-refractivity contribution in [3.05, 3.63) is 65.7 Å². The fraction of sp³-hybridized carbons (Fsp3) is 0.235. The van der Waals surface area contributed by atoms with Crippen LogP contribution in [0, 0.1) is 0 Å². The molecule has 0 aliphatic carbocycles. The van der Waals surface area contributed by atoms with E-state index in [1.807, 2.05) is 24.4 Å². The summed E-state index contributed by atoms with van der Waals surface area (Å²) in [7, 11) is 0. The van der Waals surface area contributed by atoms with Crippen LogP contribution in [0.25, 0.3) is 0 Å². The van der Waals surface area contributed by atoms with E-state index >= 15 is 0 Å². The van der Waals surface area contributed by atoms with Crippen molar-refractivity contribution in [3.8, 4) is 0 Å². The number of aryl methyl sites for hydroxylation is 1. The van der Waals surface area contributed by atoms with Crippen molar-refractivity contribution < 1.29 is 0 Å². The van der Waals surface area contributed by atoms with Crippen molar-refractivity contribution in [3.63, 3.8) is 0 Å². The molecule has 92 valence electrons. The number of aliphatic imine (C=N–C) groups is 1. The van der Waals surface area contributed by atoms with Crippen LogP contribution in [0.3, 0.4) is 0 Å². The maximum Gasteiger partial charge on any atom is 0.0630 e. The Morgan fingerprint density at radius 2 is 1.67 bits per heavy atom. The number of rotatable bonds is 5. The molecule has 0 radical (unpaired) electrons. The molecular weight excluding hydrogens is 218 g/mol. The standard InChI is InChI=1S/C17H19N/c1-2-3-7-15-10-12-17(13-11-15)18-14-16-8-5-4-6-9-16/h4-6,8-14H,2-3,7H2,1H3/b18-14+. The first-order valence-corrected chi connectivity index (χ1v) is 6.56. The molecule has 0 saturated carbocycles. The third-order valence-corrected chi connectivity index (χ3v) is 2.92. The molecule has 0 aliphatic rings. The fourth-order valence-electron chi connectivity index (χ4n) is 1.82. The maximum atomic E-state index is 4.47. The highest BCUT2D eigenvalue weighted by Gasteiger charge is 1.93. The van der Waals surface area contributed by atoms with E-state index in [1.54, 1.807) is 0 Å². The van der Waals surface area contributed by atoms with Crippen LogP contribution in [-0.4, -0.2) is 6.21 Å². The van der Waals surface area contributed by atoms with Gasteiger partial charge in [0.2, 0.25) is 0 Å². The van der Waals surface area contributed by atoms with Gasteiger partial charge in [-0.15, -0.1) is 0 Å². The highest BCUT2D eigenvalue weighted by molar-refractivity contribution is 5.81. The predicted octanol–water partition coefficient (Wildman–Crippen LogP) is 4.78. The molecule has 0 spiro atoms. The molecule has 1 heteroatoms. The molecule has 2 aromatic carbocycles. The van der Waals surface area contributed by atoms with Gasteiger partial charge in [0.1, 0.15) is 0 Å². The van der Waals surface area contributed by atoms with Gasteiger partial charge >= 0.3 is 0 Å². The Morgan fingerprint density at radius 3 is 2.33 bits per heavy atom. The lowest BCUT2D eigenvalue weighted by Crippen LogP contribution is -1.83. The van der Waals surface area contributed by atoms with Crippen molar-refractivity contribution in [2.24, 2.45) is 4.99 Å². The molecular formula is C17H19N. The number of nitrogens with zero attached hydrogens (tertiary/aromatic N) is 1. The molecule has 0 unspecified atom stereocenters. The highest BCUT2D eigenvalue weighted by atomic mass is 14.7. The molecule has 0 amide bonds. The molecule has 2 rings (SSSR count). The van der Waals surface area contributed by atoms with Crippen LogP contribution in [0.1, 0.15) is 30.9 Å². The zero-order valence-corrected chi connectivity index (χ0v) is 10.8. The second kappa shape index (κ2) is 6.75. The van der Waals surface area contributed by atoms with Gasteiger partial charge < -0.3 is 0 Å². The average Bonchev–Trinajstić information content (AvgIpc) is 2.45. The van der Waals surface area contributed by atoms with E-state index in [2.05, 4.69) is 48.3 Å². The Bertz CT molecular complexity index is 483. The van der Waals surface area contributed by atoms with Crippen LogP contribution >= 0.6 is 0 Å². The number of hydrogen-bond acceptors (Lipinski definition) is 1. The zero-order valence-electron chi connectivity index (χ0n) is 10.8. The first-order chi connectivity index (χ1) is 8.88. The normalized spacial score (nSPS) is 10.9. The molecule has 0 N–H and O–H groups in total. The van der Waals surface area contributed by atoms with Gasteiger partial charge in [0.25, 0.3) is 0 Å². The smallest absolute Gasteiger partial charge is 0.0630 e. The summed E-state index contributed by atoms with van der Waals surface area (Å²) in [6, 6.07) is 18.7. The lowest BCUT2D eigenvalue weighted by Gasteiger charge is -2.00. The van der Waals surface area contributed by atoms with Gasteiger partial charge in [-0.05, 0) is 36.1 Å². The van der Waals surface area contributed by atoms with Gasteiger partial charge in [-0.1, -0.05) is 55.8 Å². The van der Waals surface area contributed by atoms with Gasteiger partial charge in [-0.2, -0.15) is 0 Å². The van der Waals surface area contributed by atoms with Crippen molar-refractivity contribution >= 4 is 11.9 Å². The van der Waals surface area contributed by atoms with Gasteiger partial charge in [-0.25, -0.2) is 0 Å². The Labute approximate surface area is 109 Å². The lowest BCUT2D eigenvalue weighted by atomic mass is 10.1. The first-order valence-electron chi connectivity index (χ1n) is 6.56. The molecule has 0 aliphatic heterocycles. The van der Waals surface area contributed by atoms with Crippen LogP contribution < -0.4 is 0 Å². The van der Waals surface area contributed by atoms with E-state index in [9.17, 15) is 0 Å². The minimum Gasteiger partial charge on any atom is -0.256 e. The van der Waals surface area contributed by atoms with Gasteiger partial charge in [0, 0.05) is 6.21 Å². The van der Waals surface area contributed by atoms with Crippen molar-refractivity contribution in [1.82, 2.24) is 0 Å². The van der Waals surface area contributed by atoms with Gasteiger partial charge in [0.15, 0.2) is 0 Å². The van der Waals surface area contributed by atoms with Crippen LogP contribution in [-0.2, 0) is 6.42 Å². The summed E-state index contributed by atoms with van der Waals surface area (Å²) in [5.41, 5.74) is 3.54. The van der Waals surface area contributed by atoms with Crippen molar-refractivity contribution in [2.45, 2.75) is 26.2 Å². The average molecular weight is 237 g/mol. The number of benzene rings is 2. The van der Waals surface area contributed by atoms with E-state index in [-0.39, 0.29) is 0 Å². The van der Waals surface area contributed by atoms with Crippen molar-refractivity contribution in [1.29, 1.82) is 0 Å². The molecule has 0 bridgehead atoms. The molecule has 1 nitrogen and oxygen atoms in total. The zero-order chi connectivity index (χ0) is 12.6. The van der Waals surface area contributed by atoms with E-state index in [1.165, 1.54) is 24.8 Å². The molecule has 0 heterocycles. The van der Waals surface area contributed by atoms with Crippen LogP contribution in [0.15, 0.2) is 59.6 Å². The lowest BCUT2D eigenvalue weighted by molar-refractivity contribution is 0.795. The quantitative estimate of drug-likeness (QED) is 0.664. The number of unbranched alkanes of at least 4 members (excludes halogenated alkanes) is 1. The minimum absolute atomic E-state index is 1.01.